The monoisotopic (exact) mass is 394 g/mol. The maximum Gasteiger partial charge on any atom is 0.235 e. The van der Waals surface area contributed by atoms with Crippen molar-refractivity contribution in [2.45, 2.75) is 46.6 Å². The molecule has 1 aromatic heterocycles. The maximum absolute atomic E-state index is 13.6. The van der Waals surface area contributed by atoms with Gasteiger partial charge in [0.1, 0.15) is 11.5 Å². The molecule has 4 nitrogen and oxygen atoms in total. The van der Waals surface area contributed by atoms with Gasteiger partial charge in [-0.3, -0.25) is 0 Å². The number of aliphatic hydroxyl groups excluding tert-OH is 1. The van der Waals surface area contributed by atoms with Crippen LogP contribution in [-0.2, 0) is 6.54 Å². The number of fused-ring (bicyclic) bond motifs is 5. The van der Waals surface area contributed by atoms with Gasteiger partial charge in [-0.15, -0.1) is 0 Å². The number of aliphatic hydroxyl groups is 1. The van der Waals surface area contributed by atoms with Gasteiger partial charge in [0.25, 0.3) is 0 Å². The topological polar surface area (TPSA) is 37.6 Å². The Kier molecular flexibility index (Phi) is 4.37. The standard InChI is InChI=1S/C24H27FN2O2/c1-14-10-20-21-11-17-19(8-7-9-22(17)29-16(3)25)26(21)13-23(24(4,5)6)27(20)12-18(14)15(2)28/h7-12,16,23,28H,1-2,13H2,3-6H3. The number of rotatable bonds is 3. The highest BCUT2D eigenvalue weighted by Crippen LogP contribution is 2.44. The van der Waals surface area contributed by atoms with Crippen LogP contribution in [0.15, 0.2) is 66.6 Å². The Morgan fingerprint density at radius 2 is 2.07 bits per heavy atom. The van der Waals surface area contributed by atoms with Crippen molar-refractivity contribution in [1.82, 2.24) is 9.47 Å². The highest BCUT2D eigenvalue weighted by Gasteiger charge is 2.39. The fourth-order valence-electron chi connectivity index (χ4n) is 4.23. The minimum absolute atomic E-state index is 0.0108. The highest BCUT2D eigenvalue weighted by atomic mass is 19.1. The van der Waals surface area contributed by atoms with E-state index in [2.05, 4.69) is 43.4 Å². The SMILES string of the molecule is C=C(O)C1=CN2C(=CC1=C)c1cc3c(OC(C)F)cccc3n1CC2C(C)(C)C. The molecule has 2 aromatic rings. The molecule has 1 N–H and O–H groups in total. The normalized spacial score (nSPS) is 20.0. The third-order valence-electron chi connectivity index (χ3n) is 5.66. The number of aromatic nitrogens is 1. The Morgan fingerprint density at radius 1 is 1.34 bits per heavy atom. The van der Waals surface area contributed by atoms with Gasteiger partial charge in [-0.05, 0) is 35.3 Å². The molecule has 0 fully saturated rings. The largest absolute Gasteiger partial charge is 0.508 e. The van der Waals surface area contributed by atoms with E-state index in [-0.39, 0.29) is 17.2 Å². The number of halogens is 1. The quantitative estimate of drug-likeness (QED) is 0.656. The van der Waals surface area contributed by atoms with Crippen LogP contribution in [0, 0.1) is 5.41 Å². The summed E-state index contributed by atoms with van der Waals surface area (Å²) >= 11 is 0. The first-order chi connectivity index (χ1) is 13.6. The second kappa shape index (κ2) is 6.55. The molecule has 4 rings (SSSR count). The van der Waals surface area contributed by atoms with E-state index in [1.165, 1.54) is 6.92 Å². The Bertz CT molecular complexity index is 1080. The van der Waals surface area contributed by atoms with Crippen molar-refractivity contribution in [3.63, 3.8) is 0 Å². The van der Waals surface area contributed by atoms with Crippen LogP contribution in [0.5, 0.6) is 5.75 Å². The van der Waals surface area contributed by atoms with E-state index in [1.807, 2.05) is 30.5 Å². The molecule has 2 aliphatic rings. The van der Waals surface area contributed by atoms with E-state index < -0.39 is 6.36 Å². The summed E-state index contributed by atoms with van der Waals surface area (Å²) < 4.78 is 21.2. The molecule has 0 saturated carbocycles. The molecule has 5 heteroatoms. The van der Waals surface area contributed by atoms with Crippen LogP contribution in [0.2, 0.25) is 0 Å². The van der Waals surface area contributed by atoms with Gasteiger partial charge in [-0.25, -0.2) is 4.39 Å². The van der Waals surface area contributed by atoms with Crippen LogP contribution in [0.1, 0.15) is 33.4 Å². The molecule has 2 atom stereocenters. The lowest BCUT2D eigenvalue weighted by molar-refractivity contribution is 0.0877. The van der Waals surface area contributed by atoms with E-state index in [9.17, 15) is 9.50 Å². The van der Waals surface area contributed by atoms with Crippen molar-refractivity contribution in [1.29, 1.82) is 0 Å². The van der Waals surface area contributed by atoms with E-state index in [0.29, 0.717) is 16.9 Å². The Morgan fingerprint density at radius 3 is 2.69 bits per heavy atom. The van der Waals surface area contributed by atoms with E-state index in [1.54, 1.807) is 6.07 Å². The number of allylic oxidation sites excluding steroid dienone is 2. The predicted molar refractivity (Wildman–Crippen MR) is 115 cm³/mol. The molecule has 1 aromatic carbocycles. The Labute approximate surface area is 170 Å². The minimum atomic E-state index is -1.38. The van der Waals surface area contributed by atoms with E-state index in [4.69, 9.17) is 4.74 Å². The van der Waals surface area contributed by atoms with Crippen molar-refractivity contribution in [3.05, 3.63) is 72.3 Å². The molecule has 0 saturated heterocycles. The van der Waals surface area contributed by atoms with Crippen molar-refractivity contribution in [2.75, 3.05) is 0 Å². The first kappa shape index (κ1) is 19.4. The Hall–Kier alpha value is -2.95. The van der Waals surface area contributed by atoms with Crippen molar-refractivity contribution in [2.24, 2.45) is 5.41 Å². The summed E-state index contributed by atoms with van der Waals surface area (Å²) in [5, 5.41) is 10.9. The van der Waals surface area contributed by atoms with Crippen LogP contribution < -0.4 is 4.74 Å². The zero-order chi connectivity index (χ0) is 21.1. The fourth-order valence-corrected chi connectivity index (χ4v) is 4.23. The second-order valence-corrected chi connectivity index (χ2v) is 8.82. The number of alkyl halides is 1. The molecule has 2 aliphatic heterocycles. The first-order valence-electron chi connectivity index (χ1n) is 9.80. The molecule has 3 heterocycles. The molecular weight excluding hydrogens is 367 g/mol. The Balaban J connectivity index is 1.94. The number of benzene rings is 1. The number of hydrogen-bond donors (Lipinski definition) is 1. The summed E-state index contributed by atoms with van der Waals surface area (Å²) in [6.07, 6.45) is 2.54. The van der Waals surface area contributed by atoms with Gasteiger partial charge < -0.3 is 19.3 Å². The summed E-state index contributed by atoms with van der Waals surface area (Å²) in [6, 6.07) is 7.92. The molecule has 0 radical (unpaired) electrons. The van der Waals surface area contributed by atoms with Gasteiger partial charge in [0.2, 0.25) is 6.36 Å². The van der Waals surface area contributed by atoms with Gasteiger partial charge in [-0.2, -0.15) is 0 Å². The average Bonchev–Trinajstić information content (AvgIpc) is 2.99. The summed E-state index contributed by atoms with van der Waals surface area (Å²) in [7, 11) is 0. The lowest BCUT2D eigenvalue weighted by Gasteiger charge is -2.46. The van der Waals surface area contributed by atoms with Crippen LogP contribution in [0.4, 0.5) is 4.39 Å². The highest BCUT2D eigenvalue weighted by molar-refractivity contribution is 5.92. The van der Waals surface area contributed by atoms with Gasteiger partial charge in [0, 0.05) is 30.6 Å². The third kappa shape index (κ3) is 3.15. The molecular formula is C24H27FN2O2. The lowest BCUT2D eigenvalue weighted by Crippen LogP contribution is -2.47. The summed E-state index contributed by atoms with van der Waals surface area (Å²) in [4.78, 5) is 2.21. The van der Waals surface area contributed by atoms with Gasteiger partial charge in [-0.1, -0.05) is 40.0 Å². The third-order valence-corrected chi connectivity index (χ3v) is 5.66. The molecule has 0 spiro atoms. The van der Waals surface area contributed by atoms with E-state index >= 15 is 0 Å². The van der Waals surface area contributed by atoms with E-state index in [0.717, 1.165) is 28.8 Å². The fraction of sp³-hybridized carbons (Fsp3) is 0.333. The van der Waals surface area contributed by atoms with Crippen LogP contribution in [0.25, 0.3) is 16.6 Å². The molecule has 152 valence electrons. The smallest absolute Gasteiger partial charge is 0.235 e. The van der Waals surface area contributed by atoms with Gasteiger partial charge in [0.05, 0.1) is 22.9 Å². The number of nitrogens with zero attached hydrogens (tertiary/aromatic N) is 2. The van der Waals surface area contributed by atoms with Crippen molar-refractivity contribution in [3.8, 4) is 5.75 Å². The summed E-state index contributed by atoms with van der Waals surface area (Å²) in [6.45, 7) is 16.5. The number of hydrogen-bond acceptors (Lipinski definition) is 3. The molecule has 2 unspecified atom stereocenters. The summed E-state index contributed by atoms with van der Waals surface area (Å²) in [5.74, 6) is 0.546. The average molecular weight is 394 g/mol. The number of ether oxygens (including phenoxy) is 1. The molecule has 0 bridgehead atoms. The molecule has 0 aliphatic carbocycles. The van der Waals surface area contributed by atoms with Crippen LogP contribution >= 0.6 is 0 Å². The predicted octanol–water partition coefficient (Wildman–Crippen LogP) is 5.93. The maximum atomic E-state index is 13.6. The van der Waals surface area contributed by atoms with Gasteiger partial charge >= 0.3 is 0 Å². The molecule has 0 amide bonds. The zero-order valence-corrected chi connectivity index (χ0v) is 17.4. The van der Waals surface area contributed by atoms with Crippen molar-refractivity contribution < 1.29 is 14.2 Å². The molecule has 29 heavy (non-hydrogen) atoms. The van der Waals surface area contributed by atoms with Crippen LogP contribution in [-0.4, -0.2) is 27.0 Å². The van der Waals surface area contributed by atoms with Gasteiger partial charge in [0.15, 0.2) is 0 Å². The lowest BCUT2D eigenvalue weighted by atomic mass is 9.83. The van der Waals surface area contributed by atoms with Crippen molar-refractivity contribution >= 4 is 16.6 Å². The van der Waals surface area contributed by atoms with Crippen LogP contribution in [0.3, 0.4) is 0 Å². The minimum Gasteiger partial charge on any atom is -0.508 e. The first-order valence-corrected chi connectivity index (χ1v) is 9.80. The summed E-state index contributed by atoms with van der Waals surface area (Å²) in [5.41, 5.74) is 4.35. The second-order valence-electron chi connectivity index (χ2n) is 8.82. The zero-order valence-electron chi connectivity index (χ0n) is 17.4.